The van der Waals surface area contributed by atoms with Crippen molar-refractivity contribution in [3.63, 3.8) is 0 Å². The maximum absolute atomic E-state index is 13.7. The number of ether oxygens (including phenoxy) is 1. The lowest BCUT2D eigenvalue weighted by Crippen LogP contribution is -2.46. The van der Waals surface area contributed by atoms with Crippen molar-refractivity contribution in [1.29, 1.82) is 0 Å². The molecular weight excluding hydrogens is 497 g/mol. The molecule has 4 rings (SSSR count). The predicted molar refractivity (Wildman–Crippen MR) is 141 cm³/mol. The van der Waals surface area contributed by atoms with Crippen LogP contribution in [0.25, 0.3) is 0 Å². The molecule has 208 valence electrons. The fraction of sp³-hybridized carbons (Fsp3) is 0.571. The molecule has 2 N–H and O–H groups in total. The third kappa shape index (κ3) is 6.23. The number of piperidine rings is 1. The third-order valence-corrected chi connectivity index (χ3v) is 7.93. The average Bonchev–Trinajstić information content (AvgIpc) is 2.86. The number of carbonyl (C=O) groups is 1. The molecule has 7 nitrogen and oxygen atoms in total. The van der Waals surface area contributed by atoms with Gasteiger partial charge in [0, 0.05) is 50.1 Å². The molecule has 0 saturated carbocycles. The van der Waals surface area contributed by atoms with Crippen LogP contribution < -0.4 is 16.2 Å². The molecule has 1 aromatic carbocycles. The second kappa shape index (κ2) is 11.1. The van der Waals surface area contributed by atoms with Gasteiger partial charge in [0.05, 0.1) is 22.9 Å². The van der Waals surface area contributed by atoms with Crippen molar-refractivity contribution in [2.45, 2.75) is 70.3 Å². The van der Waals surface area contributed by atoms with Gasteiger partial charge in [-0.1, -0.05) is 12.1 Å². The molecule has 1 atom stereocenters. The van der Waals surface area contributed by atoms with Gasteiger partial charge < -0.3 is 24.8 Å². The summed E-state index contributed by atoms with van der Waals surface area (Å²) in [4.78, 5) is 29.1. The number of hydrogen-bond acceptors (Lipinski definition) is 5. The molecule has 0 unspecified atom stereocenters. The number of hydrogen-bond donors (Lipinski definition) is 2. The summed E-state index contributed by atoms with van der Waals surface area (Å²) in [5.74, 6) is -0.450. The van der Waals surface area contributed by atoms with E-state index in [0.717, 1.165) is 32.0 Å². The molecule has 2 aliphatic rings. The van der Waals surface area contributed by atoms with E-state index >= 15 is 0 Å². The van der Waals surface area contributed by atoms with Crippen molar-refractivity contribution in [2.24, 2.45) is 0 Å². The zero-order chi connectivity index (χ0) is 27.7. The van der Waals surface area contributed by atoms with E-state index in [9.17, 15) is 22.8 Å². The van der Waals surface area contributed by atoms with Crippen LogP contribution in [0.15, 0.2) is 35.3 Å². The SMILES string of the molecule is Cc1c([C@@H](C)NC(=O)c2cn(C3CCOCC3)c(=O)cc2NC2(C)CCN(C)CC2)cccc1C(F)(F)F. The highest BCUT2D eigenvalue weighted by Gasteiger charge is 2.34. The van der Waals surface area contributed by atoms with Gasteiger partial charge in [0.1, 0.15) is 0 Å². The van der Waals surface area contributed by atoms with E-state index in [2.05, 4.69) is 29.5 Å². The number of alkyl halides is 3. The van der Waals surface area contributed by atoms with Gasteiger partial charge in [-0.2, -0.15) is 13.2 Å². The van der Waals surface area contributed by atoms with Gasteiger partial charge in [0.2, 0.25) is 0 Å². The van der Waals surface area contributed by atoms with Crippen LogP contribution in [0.3, 0.4) is 0 Å². The number of halogens is 3. The molecule has 0 aliphatic carbocycles. The maximum atomic E-state index is 13.7. The zero-order valence-corrected chi connectivity index (χ0v) is 22.5. The van der Waals surface area contributed by atoms with E-state index in [1.165, 1.54) is 19.1 Å². The summed E-state index contributed by atoms with van der Waals surface area (Å²) in [5.41, 5.74) is -0.0124. The normalized spacial score (nSPS) is 19.7. The van der Waals surface area contributed by atoms with Crippen molar-refractivity contribution in [1.82, 2.24) is 14.8 Å². The van der Waals surface area contributed by atoms with E-state index in [1.54, 1.807) is 23.8 Å². The average molecular weight is 535 g/mol. The molecule has 0 bridgehead atoms. The molecule has 0 radical (unpaired) electrons. The molecule has 2 fully saturated rings. The monoisotopic (exact) mass is 534 g/mol. The summed E-state index contributed by atoms with van der Waals surface area (Å²) >= 11 is 0. The molecule has 2 aliphatic heterocycles. The highest BCUT2D eigenvalue weighted by atomic mass is 19.4. The Labute approximate surface area is 221 Å². The quantitative estimate of drug-likeness (QED) is 0.551. The Morgan fingerprint density at radius 1 is 1.18 bits per heavy atom. The molecule has 2 aromatic rings. The lowest BCUT2D eigenvalue weighted by Gasteiger charge is -2.39. The number of pyridine rings is 1. The molecule has 1 aromatic heterocycles. The van der Waals surface area contributed by atoms with E-state index < -0.39 is 23.7 Å². The Morgan fingerprint density at radius 2 is 1.84 bits per heavy atom. The number of likely N-dealkylation sites (tertiary alicyclic amines) is 1. The maximum Gasteiger partial charge on any atom is 0.416 e. The number of nitrogens with zero attached hydrogens (tertiary/aromatic N) is 2. The summed E-state index contributed by atoms with van der Waals surface area (Å²) in [5, 5.41) is 6.36. The van der Waals surface area contributed by atoms with E-state index in [-0.39, 0.29) is 22.7 Å². The topological polar surface area (TPSA) is 75.6 Å². The van der Waals surface area contributed by atoms with Crippen LogP contribution in [0.1, 0.15) is 78.7 Å². The Bertz CT molecular complexity index is 1210. The van der Waals surface area contributed by atoms with Gasteiger partial charge in [-0.15, -0.1) is 0 Å². The lowest BCUT2D eigenvalue weighted by atomic mass is 9.89. The molecule has 0 spiro atoms. The molecule has 3 heterocycles. The number of anilines is 1. The minimum absolute atomic E-state index is 0.0807. The van der Waals surface area contributed by atoms with Crippen molar-refractivity contribution in [2.75, 3.05) is 38.7 Å². The Hall–Kier alpha value is -2.85. The van der Waals surface area contributed by atoms with Gasteiger partial charge in [-0.3, -0.25) is 9.59 Å². The largest absolute Gasteiger partial charge is 0.416 e. The van der Waals surface area contributed by atoms with Crippen molar-refractivity contribution >= 4 is 11.6 Å². The lowest BCUT2D eigenvalue weighted by molar-refractivity contribution is -0.138. The zero-order valence-electron chi connectivity index (χ0n) is 22.5. The fourth-order valence-electron chi connectivity index (χ4n) is 5.43. The number of nitrogens with one attached hydrogen (secondary N) is 2. The summed E-state index contributed by atoms with van der Waals surface area (Å²) in [6, 6.07) is 4.71. The van der Waals surface area contributed by atoms with Gasteiger partial charge >= 0.3 is 6.18 Å². The van der Waals surface area contributed by atoms with Gasteiger partial charge in [0.25, 0.3) is 11.5 Å². The number of amides is 1. The highest BCUT2D eigenvalue weighted by Crippen LogP contribution is 2.35. The number of carbonyl (C=O) groups excluding carboxylic acids is 1. The number of benzene rings is 1. The molecule has 1 amide bonds. The van der Waals surface area contributed by atoms with Crippen LogP contribution in [-0.2, 0) is 10.9 Å². The predicted octanol–water partition coefficient (Wildman–Crippen LogP) is 4.91. The number of rotatable bonds is 6. The fourth-order valence-corrected chi connectivity index (χ4v) is 5.43. The first kappa shape index (κ1) is 28.2. The smallest absolute Gasteiger partial charge is 0.381 e. The van der Waals surface area contributed by atoms with Crippen LogP contribution in [-0.4, -0.2) is 54.3 Å². The minimum atomic E-state index is -4.48. The minimum Gasteiger partial charge on any atom is -0.381 e. The highest BCUT2D eigenvalue weighted by molar-refractivity contribution is 5.99. The van der Waals surface area contributed by atoms with E-state index in [1.807, 2.05) is 0 Å². The second-order valence-electron chi connectivity index (χ2n) is 10.9. The summed E-state index contributed by atoms with van der Waals surface area (Å²) < 4.78 is 47.5. The van der Waals surface area contributed by atoms with Gasteiger partial charge in [0.15, 0.2) is 0 Å². The first-order valence-corrected chi connectivity index (χ1v) is 13.2. The summed E-state index contributed by atoms with van der Waals surface area (Å²) in [6.07, 6.45) is 0.125. The summed E-state index contributed by atoms with van der Waals surface area (Å²) in [7, 11) is 2.06. The van der Waals surface area contributed by atoms with E-state index in [0.29, 0.717) is 42.9 Å². The van der Waals surface area contributed by atoms with Crippen LogP contribution in [0.4, 0.5) is 18.9 Å². The third-order valence-electron chi connectivity index (χ3n) is 7.93. The van der Waals surface area contributed by atoms with Crippen molar-refractivity contribution < 1.29 is 22.7 Å². The van der Waals surface area contributed by atoms with E-state index in [4.69, 9.17) is 4.74 Å². The van der Waals surface area contributed by atoms with Crippen molar-refractivity contribution in [3.05, 3.63) is 63.1 Å². The Morgan fingerprint density at radius 3 is 2.47 bits per heavy atom. The van der Waals surface area contributed by atoms with Crippen LogP contribution >= 0.6 is 0 Å². The van der Waals surface area contributed by atoms with Crippen LogP contribution in [0.2, 0.25) is 0 Å². The molecule has 38 heavy (non-hydrogen) atoms. The van der Waals surface area contributed by atoms with Crippen LogP contribution in [0.5, 0.6) is 0 Å². The Kier molecular flexibility index (Phi) is 8.23. The molecule has 2 saturated heterocycles. The first-order chi connectivity index (χ1) is 17.9. The van der Waals surface area contributed by atoms with Gasteiger partial charge in [-0.05, 0) is 70.7 Å². The van der Waals surface area contributed by atoms with Gasteiger partial charge in [-0.25, -0.2) is 0 Å². The van der Waals surface area contributed by atoms with Crippen LogP contribution in [0, 0.1) is 6.92 Å². The summed E-state index contributed by atoms with van der Waals surface area (Å²) in [6.45, 7) is 8.01. The molecule has 10 heteroatoms. The first-order valence-electron chi connectivity index (χ1n) is 13.2. The number of aromatic nitrogens is 1. The standard InChI is InChI=1S/C28H37F3N4O3/c1-18-21(6-5-7-23(18)28(29,30)31)19(2)32-26(37)22-17-35(20-8-14-38-15-9-20)25(36)16-24(22)33-27(3)10-12-34(4)13-11-27/h5-7,16-17,19-20,33H,8-15H2,1-4H3,(H,32,37)/t19-/m1/s1. The Balaban J connectivity index is 1.67. The molecular formula is C28H37F3N4O3. The van der Waals surface area contributed by atoms with Crippen molar-refractivity contribution in [3.8, 4) is 0 Å². The second-order valence-corrected chi connectivity index (χ2v) is 10.9.